The monoisotopic (exact) mass is 186 g/mol. The van der Waals surface area contributed by atoms with Gasteiger partial charge in [-0.05, 0) is 32.7 Å². The summed E-state index contributed by atoms with van der Waals surface area (Å²) in [5.74, 6) is 0. The highest BCUT2D eigenvalue weighted by Gasteiger charge is 2.25. The molecule has 0 radical (unpaired) electrons. The maximum absolute atomic E-state index is 5.93. The van der Waals surface area contributed by atoms with Crippen LogP contribution in [0.1, 0.15) is 41.0 Å². The average molecular weight is 186 g/mol. The van der Waals surface area contributed by atoms with Crippen LogP contribution in [0.2, 0.25) is 0 Å². The standard InChI is InChI=1S/C11H26N2/c1-7-9(2)13(6)8-11(4,5)10(3)12/h9-10H,7-8,12H2,1-6H3. The molecule has 0 aromatic carbocycles. The molecular weight excluding hydrogens is 160 g/mol. The molecule has 13 heavy (non-hydrogen) atoms. The summed E-state index contributed by atoms with van der Waals surface area (Å²) in [5.41, 5.74) is 6.14. The van der Waals surface area contributed by atoms with Crippen molar-refractivity contribution in [1.29, 1.82) is 0 Å². The van der Waals surface area contributed by atoms with Crippen LogP contribution in [0, 0.1) is 5.41 Å². The Bertz CT molecular complexity index is 141. The van der Waals surface area contributed by atoms with E-state index in [1.54, 1.807) is 0 Å². The quantitative estimate of drug-likeness (QED) is 0.712. The third-order valence-electron chi connectivity index (χ3n) is 3.23. The van der Waals surface area contributed by atoms with Gasteiger partial charge < -0.3 is 10.6 Å². The van der Waals surface area contributed by atoms with Crippen LogP contribution >= 0.6 is 0 Å². The molecule has 0 spiro atoms. The van der Waals surface area contributed by atoms with Gasteiger partial charge in [-0.3, -0.25) is 0 Å². The van der Waals surface area contributed by atoms with Crippen LogP contribution in [-0.2, 0) is 0 Å². The van der Waals surface area contributed by atoms with Crippen LogP contribution < -0.4 is 5.73 Å². The van der Waals surface area contributed by atoms with Crippen LogP contribution in [0.15, 0.2) is 0 Å². The summed E-state index contributed by atoms with van der Waals surface area (Å²) in [5, 5.41) is 0. The van der Waals surface area contributed by atoms with Crippen molar-refractivity contribution in [2.75, 3.05) is 13.6 Å². The molecule has 0 aromatic heterocycles. The Kier molecular flexibility index (Phi) is 4.93. The lowest BCUT2D eigenvalue weighted by Crippen LogP contribution is -2.45. The van der Waals surface area contributed by atoms with Crippen molar-refractivity contribution in [1.82, 2.24) is 4.90 Å². The Morgan fingerprint density at radius 2 is 1.77 bits per heavy atom. The van der Waals surface area contributed by atoms with Crippen molar-refractivity contribution in [2.45, 2.75) is 53.1 Å². The first-order valence-corrected chi connectivity index (χ1v) is 5.27. The number of rotatable bonds is 5. The van der Waals surface area contributed by atoms with Gasteiger partial charge in [0.25, 0.3) is 0 Å². The van der Waals surface area contributed by atoms with E-state index in [0.717, 1.165) is 6.54 Å². The van der Waals surface area contributed by atoms with E-state index in [1.807, 2.05) is 0 Å². The van der Waals surface area contributed by atoms with Gasteiger partial charge >= 0.3 is 0 Å². The summed E-state index contributed by atoms with van der Waals surface area (Å²) < 4.78 is 0. The predicted molar refractivity (Wildman–Crippen MR) is 59.8 cm³/mol. The maximum atomic E-state index is 5.93. The summed E-state index contributed by atoms with van der Waals surface area (Å²) in [6, 6.07) is 0.900. The third-order valence-corrected chi connectivity index (χ3v) is 3.23. The first-order valence-electron chi connectivity index (χ1n) is 5.27. The van der Waals surface area contributed by atoms with Gasteiger partial charge in [-0.1, -0.05) is 20.8 Å². The fourth-order valence-electron chi connectivity index (χ4n) is 1.25. The van der Waals surface area contributed by atoms with E-state index in [9.17, 15) is 0 Å². The van der Waals surface area contributed by atoms with Gasteiger partial charge in [-0.15, -0.1) is 0 Å². The molecule has 2 heteroatoms. The van der Waals surface area contributed by atoms with Gasteiger partial charge in [0.1, 0.15) is 0 Å². The van der Waals surface area contributed by atoms with E-state index in [1.165, 1.54) is 6.42 Å². The van der Waals surface area contributed by atoms with Gasteiger partial charge in [-0.2, -0.15) is 0 Å². The lowest BCUT2D eigenvalue weighted by molar-refractivity contribution is 0.147. The molecule has 0 aromatic rings. The van der Waals surface area contributed by atoms with Gasteiger partial charge in [0.2, 0.25) is 0 Å². The molecule has 0 rings (SSSR count). The summed E-state index contributed by atoms with van der Waals surface area (Å²) in [4.78, 5) is 2.39. The Balaban J connectivity index is 4.11. The fourth-order valence-corrected chi connectivity index (χ4v) is 1.25. The van der Waals surface area contributed by atoms with Crippen LogP contribution in [0.4, 0.5) is 0 Å². The van der Waals surface area contributed by atoms with Gasteiger partial charge in [0, 0.05) is 18.6 Å². The predicted octanol–water partition coefficient (Wildman–Crippen LogP) is 2.09. The molecule has 2 N–H and O–H groups in total. The first kappa shape index (κ1) is 12.9. The highest BCUT2D eigenvalue weighted by molar-refractivity contribution is 4.81. The van der Waals surface area contributed by atoms with Crippen LogP contribution in [0.5, 0.6) is 0 Å². The molecule has 0 heterocycles. The second-order valence-corrected chi connectivity index (χ2v) is 4.95. The number of hydrogen-bond donors (Lipinski definition) is 1. The Morgan fingerprint density at radius 1 is 1.31 bits per heavy atom. The van der Waals surface area contributed by atoms with E-state index in [0.29, 0.717) is 6.04 Å². The molecule has 2 unspecified atom stereocenters. The van der Waals surface area contributed by atoms with E-state index in [-0.39, 0.29) is 11.5 Å². The first-order chi connectivity index (χ1) is 5.81. The molecule has 0 fully saturated rings. The zero-order valence-electron chi connectivity index (χ0n) is 10.1. The Hall–Kier alpha value is -0.0800. The highest BCUT2D eigenvalue weighted by Crippen LogP contribution is 2.21. The molecule has 0 aliphatic rings. The molecule has 0 aliphatic carbocycles. The summed E-state index contributed by atoms with van der Waals surface area (Å²) in [6.07, 6.45) is 1.20. The molecule has 80 valence electrons. The highest BCUT2D eigenvalue weighted by atomic mass is 15.1. The normalized spacial score (nSPS) is 17.5. The summed E-state index contributed by atoms with van der Waals surface area (Å²) >= 11 is 0. The molecular formula is C11H26N2. The second-order valence-electron chi connectivity index (χ2n) is 4.95. The van der Waals surface area contributed by atoms with Crippen LogP contribution in [0.3, 0.4) is 0 Å². The maximum Gasteiger partial charge on any atom is 0.00739 e. The lowest BCUT2D eigenvalue weighted by atomic mass is 9.85. The van der Waals surface area contributed by atoms with E-state index >= 15 is 0 Å². The molecule has 0 bridgehead atoms. The lowest BCUT2D eigenvalue weighted by Gasteiger charge is -2.36. The number of nitrogens with two attached hydrogens (primary N) is 1. The zero-order valence-corrected chi connectivity index (χ0v) is 10.1. The number of hydrogen-bond acceptors (Lipinski definition) is 2. The molecule has 0 amide bonds. The summed E-state index contributed by atoms with van der Waals surface area (Å²) in [7, 11) is 2.18. The number of nitrogens with zero attached hydrogens (tertiary/aromatic N) is 1. The van der Waals surface area contributed by atoms with Crippen molar-refractivity contribution in [3.63, 3.8) is 0 Å². The SMILES string of the molecule is CCC(C)N(C)CC(C)(C)C(C)N. The largest absolute Gasteiger partial charge is 0.327 e. The Morgan fingerprint density at radius 3 is 2.08 bits per heavy atom. The molecule has 0 saturated heterocycles. The van der Waals surface area contributed by atoms with Crippen molar-refractivity contribution >= 4 is 0 Å². The van der Waals surface area contributed by atoms with Crippen LogP contribution in [0.25, 0.3) is 0 Å². The Labute approximate surface area is 83.5 Å². The minimum Gasteiger partial charge on any atom is -0.327 e. The van der Waals surface area contributed by atoms with Crippen molar-refractivity contribution < 1.29 is 0 Å². The van der Waals surface area contributed by atoms with E-state index in [4.69, 9.17) is 5.73 Å². The average Bonchev–Trinajstić information content (AvgIpc) is 2.01. The molecule has 0 saturated carbocycles. The third kappa shape index (κ3) is 4.10. The topological polar surface area (TPSA) is 29.3 Å². The van der Waals surface area contributed by atoms with E-state index in [2.05, 4.69) is 46.6 Å². The smallest absolute Gasteiger partial charge is 0.00739 e. The minimum absolute atomic E-state index is 0.207. The second kappa shape index (κ2) is 4.97. The molecule has 0 aliphatic heterocycles. The molecule has 2 atom stereocenters. The summed E-state index contributed by atoms with van der Waals surface area (Å²) in [6.45, 7) is 12.1. The minimum atomic E-state index is 0.207. The van der Waals surface area contributed by atoms with Crippen molar-refractivity contribution in [3.05, 3.63) is 0 Å². The van der Waals surface area contributed by atoms with Gasteiger partial charge in [0.15, 0.2) is 0 Å². The fraction of sp³-hybridized carbons (Fsp3) is 1.00. The van der Waals surface area contributed by atoms with Crippen LogP contribution in [-0.4, -0.2) is 30.6 Å². The molecule has 2 nitrogen and oxygen atoms in total. The van der Waals surface area contributed by atoms with Gasteiger partial charge in [0.05, 0.1) is 0 Å². The van der Waals surface area contributed by atoms with Crippen molar-refractivity contribution in [2.24, 2.45) is 11.1 Å². The van der Waals surface area contributed by atoms with Crippen molar-refractivity contribution in [3.8, 4) is 0 Å². The van der Waals surface area contributed by atoms with E-state index < -0.39 is 0 Å². The zero-order chi connectivity index (χ0) is 10.6. The van der Waals surface area contributed by atoms with Gasteiger partial charge in [-0.25, -0.2) is 0 Å².